The van der Waals surface area contributed by atoms with E-state index in [1.54, 1.807) is 9.80 Å². The van der Waals surface area contributed by atoms with Crippen LogP contribution < -0.4 is 9.47 Å². The first-order valence-electron chi connectivity index (χ1n) is 18.0. The molecule has 0 unspecified atom stereocenters. The molecule has 3 aliphatic rings. The van der Waals surface area contributed by atoms with E-state index in [9.17, 15) is 29.4 Å². The number of carboxylic acid groups (broad SMARTS) is 2. The van der Waals surface area contributed by atoms with Gasteiger partial charge in [0.15, 0.2) is 0 Å². The van der Waals surface area contributed by atoms with Crippen LogP contribution in [0.4, 0.5) is 0 Å². The summed E-state index contributed by atoms with van der Waals surface area (Å²) in [5.74, 6) is -6.70. The predicted octanol–water partition coefficient (Wildman–Crippen LogP) is 7.38. The van der Waals surface area contributed by atoms with Gasteiger partial charge in [-0.2, -0.15) is 0 Å². The van der Waals surface area contributed by atoms with Crippen LogP contribution >= 0.6 is 0 Å². The SMILES string of the molecule is O=C(O)C1C(C(=O)N(Cc2ccc(Oc3ccccc3)cc2)C2CCC2)C(C(=O)O)C1C(=O)N(Cc1ccc(Oc2ccccc2)cc1)C1CCC1. The van der Waals surface area contributed by atoms with Gasteiger partial charge >= 0.3 is 11.9 Å². The van der Waals surface area contributed by atoms with Gasteiger partial charge in [-0.3, -0.25) is 19.2 Å². The molecule has 10 heteroatoms. The van der Waals surface area contributed by atoms with Gasteiger partial charge in [-0.1, -0.05) is 60.7 Å². The zero-order valence-corrected chi connectivity index (χ0v) is 28.8. The van der Waals surface area contributed by atoms with Crippen LogP contribution in [-0.4, -0.2) is 55.8 Å². The first-order valence-corrected chi connectivity index (χ1v) is 18.0. The van der Waals surface area contributed by atoms with E-state index in [-0.39, 0.29) is 25.2 Å². The maximum Gasteiger partial charge on any atom is 0.308 e. The maximum absolute atomic E-state index is 14.3. The molecule has 0 aliphatic heterocycles. The maximum atomic E-state index is 14.3. The summed E-state index contributed by atoms with van der Waals surface area (Å²) in [6.07, 6.45) is 4.83. The normalized spacial score (nSPS) is 21.1. The van der Waals surface area contributed by atoms with Crippen molar-refractivity contribution in [3.8, 4) is 23.0 Å². The molecule has 3 saturated carbocycles. The summed E-state index contributed by atoms with van der Waals surface area (Å²) in [6.45, 7) is 0.391. The summed E-state index contributed by atoms with van der Waals surface area (Å²) in [7, 11) is 0. The zero-order valence-electron chi connectivity index (χ0n) is 28.8. The average Bonchev–Trinajstić information content (AvgIpc) is 3.08. The van der Waals surface area contributed by atoms with E-state index in [4.69, 9.17) is 9.47 Å². The van der Waals surface area contributed by atoms with Crippen molar-refractivity contribution in [3.63, 3.8) is 0 Å². The van der Waals surface area contributed by atoms with Crippen molar-refractivity contribution in [1.29, 1.82) is 0 Å². The Morgan fingerprint density at radius 2 is 0.808 bits per heavy atom. The Morgan fingerprint density at radius 3 is 1.10 bits per heavy atom. The molecule has 2 amide bonds. The minimum atomic E-state index is -1.45. The number of nitrogens with zero attached hydrogens (tertiary/aromatic N) is 2. The molecule has 52 heavy (non-hydrogen) atoms. The second kappa shape index (κ2) is 15.3. The van der Waals surface area contributed by atoms with Crippen LogP contribution in [0.25, 0.3) is 0 Å². The largest absolute Gasteiger partial charge is 0.481 e. The Morgan fingerprint density at radius 1 is 0.481 bits per heavy atom. The van der Waals surface area contributed by atoms with E-state index < -0.39 is 47.4 Å². The number of ether oxygens (including phenoxy) is 2. The van der Waals surface area contributed by atoms with E-state index in [2.05, 4.69) is 0 Å². The molecule has 3 aliphatic carbocycles. The number of benzene rings is 4. The highest BCUT2D eigenvalue weighted by Crippen LogP contribution is 2.50. The number of hydrogen-bond donors (Lipinski definition) is 2. The summed E-state index contributed by atoms with van der Waals surface area (Å²) < 4.78 is 11.8. The van der Waals surface area contributed by atoms with Gasteiger partial charge in [-0.25, -0.2) is 0 Å². The lowest BCUT2D eigenvalue weighted by atomic mass is 9.55. The van der Waals surface area contributed by atoms with Gasteiger partial charge in [-0.05, 0) is 98.2 Å². The molecule has 2 N–H and O–H groups in total. The molecule has 0 aromatic heterocycles. The van der Waals surface area contributed by atoms with Crippen molar-refractivity contribution in [1.82, 2.24) is 9.80 Å². The number of para-hydroxylation sites is 2. The Hall–Kier alpha value is -5.64. The molecule has 7 rings (SSSR count). The highest BCUT2D eigenvalue weighted by molar-refractivity contribution is 5.99. The Bertz CT molecular complexity index is 1730. The summed E-state index contributed by atoms with van der Waals surface area (Å²) in [4.78, 5) is 57.7. The fourth-order valence-corrected chi connectivity index (χ4v) is 7.50. The predicted molar refractivity (Wildman–Crippen MR) is 192 cm³/mol. The molecule has 0 atom stereocenters. The molecule has 0 bridgehead atoms. The van der Waals surface area contributed by atoms with Crippen molar-refractivity contribution in [2.45, 2.75) is 63.7 Å². The third-order valence-electron chi connectivity index (χ3n) is 10.8. The van der Waals surface area contributed by atoms with Crippen LogP contribution in [0.1, 0.15) is 49.7 Å². The molecule has 0 heterocycles. The minimum absolute atomic E-state index is 0.133. The summed E-state index contributed by atoms with van der Waals surface area (Å²) >= 11 is 0. The minimum Gasteiger partial charge on any atom is -0.481 e. The van der Waals surface area contributed by atoms with Gasteiger partial charge in [0.2, 0.25) is 11.8 Å². The topological polar surface area (TPSA) is 134 Å². The summed E-state index contributed by atoms with van der Waals surface area (Å²) in [5.41, 5.74) is 1.62. The quantitative estimate of drug-likeness (QED) is 0.139. The Kier molecular flexibility index (Phi) is 10.2. The number of carbonyl (C=O) groups excluding carboxylic acids is 2. The second-order valence-electron chi connectivity index (χ2n) is 14.0. The van der Waals surface area contributed by atoms with Crippen molar-refractivity contribution in [2.24, 2.45) is 23.7 Å². The number of carbonyl (C=O) groups is 4. The molecule has 0 radical (unpaired) electrons. The molecule has 4 aromatic carbocycles. The fourth-order valence-electron chi connectivity index (χ4n) is 7.50. The van der Waals surface area contributed by atoms with E-state index in [0.717, 1.165) is 49.7 Å². The number of rotatable bonds is 14. The van der Waals surface area contributed by atoms with Crippen LogP contribution in [0, 0.1) is 23.7 Å². The molecule has 4 aromatic rings. The van der Waals surface area contributed by atoms with Crippen molar-refractivity contribution in [2.75, 3.05) is 0 Å². The van der Waals surface area contributed by atoms with E-state index in [1.807, 2.05) is 109 Å². The van der Waals surface area contributed by atoms with E-state index in [1.165, 1.54) is 0 Å². The van der Waals surface area contributed by atoms with Gasteiger partial charge in [0, 0.05) is 25.2 Å². The van der Waals surface area contributed by atoms with Crippen molar-refractivity contribution in [3.05, 3.63) is 120 Å². The van der Waals surface area contributed by atoms with Crippen LogP contribution in [0.2, 0.25) is 0 Å². The summed E-state index contributed by atoms with van der Waals surface area (Å²) in [6, 6.07) is 33.1. The lowest BCUT2D eigenvalue weighted by Crippen LogP contribution is -2.66. The van der Waals surface area contributed by atoms with Gasteiger partial charge in [0.05, 0.1) is 23.7 Å². The van der Waals surface area contributed by atoms with E-state index in [0.29, 0.717) is 23.0 Å². The second-order valence-corrected chi connectivity index (χ2v) is 14.0. The Labute approximate surface area is 302 Å². The standard InChI is InChI=1S/C42H42N2O8/c45-39(43(29-9-7-10-29)25-27-17-21-33(22-18-27)51-31-13-3-1-4-14-31)35-37(41(47)48)36(38(35)42(49)50)40(46)44(30-11-8-12-30)26-28-19-23-34(24-20-28)52-32-15-5-2-6-16-32/h1-6,13-24,29-30,35-38H,7-12,25-26H2,(H,47,48)(H,49,50). The van der Waals surface area contributed by atoms with Crippen LogP contribution in [-0.2, 0) is 32.3 Å². The molecule has 10 nitrogen and oxygen atoms in total. The van der Waals surface area contributed by atoms with Crippen LogP contribution in [0.3, 0.4) is 0 Å². The van der Waals surface area contributed by atoms with Crippen LogP contribution in [0.15, 0.2) is 109 Å². The third kappa shape index (κ3) is 7.37. The van der Waals surface area contributed by atoms with Gasteiger partial charge in [-0.15, -0.1) is 0 Å². The highest BCUT2D eigenvalue weighted by Gasteiger charge is 2.65. The molecule has 0 spiro atoms. The zero-order chi connectivity index (χ0) is 36.2. The third-order valence-corrected chi connectivity index (χ3v) is 10.8. The average molecular weight is 703 g/mol. The monoisotopic (exact) mass is 702 g/mol. The molecule has 0 saturated heterocycles. The van der Waals surface area contributed by atoms with E-state index >= 15 is 0 Å². The number of hydrogen-bond acceptors (Lipinski definition) is 6. The lowest BCUT2D eigenvalue weighted by Gasteiger charge is -2.51. The van der Waals surface area contributed by atoms with Gasteiger partial charge in [0.25, 0.3) is 0 Å². The summed E-state index contributed by atoms with van der Waals surface area (Å²) in [5, 5.41) is 21.0. The molecular formula is C42H42N2O8. The molecular weight excluding hydrogens is 660 g/mol. The first kappa shape index (κ1) is 34.8. The first-order chi connectivity index (χ1) is 25.3. The lowest BCUT2D eigenvalue weighted by molar-refractivity contribution is -0.190. The highest BCUT2D eigenvalue weighted by atomic mass is 16.5. The Balaban J connectivity index is 1.08. The fraction of sp³-hybridized carbons (Fsp3) is 0.333. The number of amides is 2. The number of carboxylic acids is 2. The van der Waals surface area contributed by atoms with Crippen molar-refractivity contribution >= 4 is 23.8 Å². The smallest absolute Gasteiger partial charge is 0.308 e. The van der Waals surface area contributed by atoms with Crippen LogP contribution in [0.5, 0.6) is 23.0 Å². The van der Waals surface area contributed by atoms with Crippen molar-refractivity contribution < 1.29 is 38.9 Å². The molecule has 3 fully saturated rings. The number of aliphatic carboxylic acids is 2. The van der Waals surface area contributed by atoms with Gasteiger partial charge in [0.1, 0.15) is 23.0 Å². The van der Waals surface area contributed by atoms with Gasteiger partial charge < -0.3 is 29.5 Å². The molecule has 268 valence electrons.